The Balaban J connectivity index is 2.36. The van der Waals surface area contributed by atoms with Gasteiger partial charge in [-0.1, -0.05) is 37.0 Å². The van der Waals surface area contributed by atoms with Crippen LogP contribution in [0.5, 0.6) is 0 Å². The Hall–Kier alpha value is -0.290. The fourth-order valence-electron chi connectivity index (χ4n) is 2.63. The number of rotatable bonds is 2. The minimum Gasteiger partial charge on any atom is -0.207 e. The van der Waals surface area contributed by atoms with Crippen LogP contribution in [-0.4, -0.2) is 25.8 Å². The second-order valence-corrected chi connectivity index (χ2v) is 8.18. The maximum Gasteiger partial charge on any atom is 0.243 e. The van der Waals surface area contributed by atoms with E-state index < -0.39 is 10.0 Å². The van der Waals surface area contributed by atoms with E-state index in [0.29, 0.717) is 35.0 Å². The van der Waals surface area contributed by atoms with E-state index in [9.17, 15) is 8.42 Å². The fraction of sp³-hybridized carbons (Fsp3) is 0.538. The Kier molecular flexibility index (Phi) is 4.45. The minimum atomic E-state index is -3.51. The van der Waals surface area contributed by atoms with Crippen LogP contribution in [0.4, 0.5) is 0 Å². The molecule has 2 rings (SSSR count). The summed E-state index contributed by atoms with van der Waals surface area (Å²) in [6.07, 6.45) is 1.06. The molecule has 0 N–H and O–H groups in total. The van der Waals surface area contributed by atoms with Crippen LogP contribution < -0.4 is 0 Å². The summed E-state index contributed by atoms with van der Waals surface area (Å²) in [4.78, 5) is 0.173. The molecule has 1 aliphatic heterocycles. The lowest BCUT2D eigenvalue weighted by Gasteiger charge is -2.34. The molecule has 1 aliphatic rings. The van der Waals surface area contributed by atoms with Gasteiger partial charge in [0.15, 0.2) is 0 Å². The SMILES string of the molecule is CC1CC(C)CN(S(=O)(=O)c2cc(Cl)cc(Cl)c2)C1. The first-order valence-corrected chi connectivity index (χ1v) is 8.45. The zero-order chi connectivity index (χ0) is 14.2. The molecule has 0 bridgehead atoms. The molecule has 0 radical (unpaired) electrons. The number of piperidine rings is 1. The topological polar surface area (TPSA) is 37.4 Å². The van der Waals surface area contributed by atoms with Gasteiger partial charge in [-0.2, -0.15) is 4.31 Å². The summed E-state index contributed by atoms with van der Waals surface area (Å²) < 4.78 is 26.7. The van der Waals surface area contributed by atoms with E-state index in [4.69, 9.17) is 23.2 Å². The van der Waals surface area contributed by atoms with Crippen molar-refractivity contribution in [1.29, 1.82) is 0 Å². The van der Waals surface area contributed by atoms with E-state index >= 15 is 0 Å². The van der Waals surface area contributed by atoms with Crippen molar-refractivity contribution in [3.05, 3.63) is 28.2 Å². The maximum absolute atomic E-state index is 12.6. The normalized spacial score (nSPS) is 25.5. The molecule has 0 spiro atoms. The Morgan fingerprint density at radius 2 is 1.53 bits per heavy atom. The molecule has 0 amide bonds. The van der Waals surface area contributed by atoms with Crippen LogP contribution in [0.2, 0.25) is 10.0 Å². The lowest BCUT2D eigenvalue weighted by Crippen LogP contribution is -2.42. The lowest BCUT2D eigenvalue weighted by molar-refractivity contribution is 0.222. The van der Waals surface area contributed by atoms with Crippen molar-refractivity contribution in [2.24, 2.45) is 11.8 Å². The molecule has 1 saturated heterocycles. The number of halogens is 2. The fourth-order valence-corrected chi connectivity index (χ4v) is 5.04. The van der Waals surface area contributed by atoms with E-state index in [2.05, 4.69) is 13.8 Å². The third-order valence-corrected chi connectivity index (χ3v) is 5.56. The Bertz CT molecular complexity index is 544. The highest BCUT2D eigenvalue weighted by Gasteiger charge is 2.31. The van der Waals surface area contributed by atoms with E-state index in [1.807, 2.05) is 0 Å². The first-order chi connectivity index (χ1) is 8.79. The number of hydrogen-bond acceptors (Lipinski definition) is 2. The largest absolute Gasteiger partial charge is 0.243 e. The molecule has 106 valence electrons. The summed E-state index contributed by atoms with van der Waals surface area (Å²) >= 11 is 11.8. The van der Waals surface area contributed by atoms with Gasteiger partial charge in [0, 0.05) is 23.1 Å². The Morgan fingerprint density at radius 1 is 1.05 bits per heavy atom. The molecule has 2 unspecified atom stereocenters. The molecule has 0 aliphatic carbocycles. The molecule has 0 aromatic heterocycles. The van der Waals surface area contributed by atoms with Gasteiger partial charge in [0.05, 0.1) is 4.90 Å². The van der Waals surface area contributed by atoms with Crippen molar-refractivity contribution in [1.82, 2.24) is 4.31 Å². The van der Waals surface area contributed by atoms with Crippen LogP contribution in [0.3, 0.4) is 0 Å². The highest BCUT2D eigenvalue weighted by Crippen LogP contribution is 2.29. The molecule has 1 aromatic rings. The summed E-state index contributed by atoms with van der Waals surface area (Å²) in [5.74, 6) is 0.737. The molecule has 1 aromatic carbocycles. The van der Waals surface area contributed by atoms with Crippen molar-refractivity contribution < 1.29 is 8.42 Å². The van der Waals surface area contributed by atoms with Gasteiger partial charge in [0.1, 0.15) is 0 Å². The zero-order valence-electron chi connectivity index (χ0n) is 10.9. The number of nitrogens with zero attached hydrogens (tertiary/aromatic N) is 1. The predicted octanol–water partition coefficient (Wildman–Crippen LogP) is 3.66. The molecular weight excluding hydrogens is 305 g/mol. The van der Waals surface area contributed by atoms with Gasteiger partial charge >= 0.3 is 0 Å². The third-order valence-electron chi connectivity index (χ3n) is 3.31. The summed E-state index contributed by atoms with van der Waals surface area (Å²) in [5.41, 5.74) is 0. The van der Waals surface area contributed by atoms with Crippen molar-refractivity contribution >= 4 is 33.2 Å². The molecule has 6 heteroatoms. The Morgan fingerprint density at radius 3 is 2.00 bits per heavy atom. The molecule has 3 nitrogen and oxygen atoms in total. The van der Waals surface area contributed by atoms with Gasteiger partial charge < -0.3 is 0 Å². The molecule has 0 saturated carbocycles. The average Bonchev–Trinajstić information content (AvgIpc) is 2.26. The van der Waals surface area contributed by atoms with Gasteiger partial charge in [-0.25, -0.2) is 8.42 Å². The van der Waals surface area contributed by atoms with Crippen molar-refractivity contribution in [3.8, 4) is 0 Å². The number of sulfonamides is 1. The first-order valence-electron chi connectivity index (χ1n) is 6.25. The van der Waals surface area contributed by atoms with Crippen LogP contribution in [-0.2, 0) is 10.0 Å². The molecule has 1 fully saturated rings. The smallest absolute Gasteiger partial charge is 0.207 e. The third kappa shape index (κ3) is 3.43. The van der Waals surface area contributed by atoms with Gasteiger partial charge in [-0.3, -0.25) is 0 Å². The summed E-state index contributed by atoms with van der Waals surface area (Å²) in [7, 11) is -3.51. The summed E-state index contributed by atoms with van der Waals surface area (Å²) in [6, 6.07) is 4.43. The van der Waals surface area contributed by atoms with Crippen LogP contribution >= 0.6 is 23.2 Å². The van der Waals surface area contributed by atoms with Crippen LogP contribution in [0.1, 0.15) is 20.3 Å². The van der Waals surface area contributed by atoms with Gasteiger partial charge in [-0.05, 0) is 36.5 Å². The van der Waals surface area contributed by atoms with Crippen molar-refractivity contribution in [2.75, 3.05) is 13.1 Å². The zero-order valence-corrected chi connectivity index (χ0v) is 13.3. The molecule has 2 atom stereocenters. The minimum absolute atomic E-state index is 0.173. The standard InChI is InChI=1S/C13H17Cl2NO2S/c1-9-3-10(2)8-16(7-9)19(17,18)13-5-11(14)4-12(15)6-13/h4-6,9-10H,3,7-8H2,1-2H3. The monoisotopic (exact) mass is 321 g/mol. The second-order valence-electron chi connectivity index (χ2n) is 5.37. The van der Waals surface area contributed by atoms with E-state index in [-0.39, 0.29) is 4.90 Å². The van der Waals surface area contributed by atoms with E-state index in [1.54, 1.807) is 0 Å². The Labute approximate surface area is 124 Å². The van der Waals surface area contributed by atoms with Crippen LogP contribution in [0.25, 0.3) is 0 Å². The van der Waals surface area contributed by atoms with Gasteiger partial charge in [-0.15, -0.1) is 0 Å². The average molecular weight is 322 g/mol. The number of benzene rings is 1. The molecular formula is C13H17Cl2NO2S. The predicted molar refractivity (Wildman–Crippen MR) is 78.2 cm³/mol. The maximum atomic E-state index is 12.6. The van der Waals surface area contributed by atoms with E-state index in [1.165, 1.54) is 22.5 Å². The first kappa shape index (κ1) is 15.1. The van der Waals surface area contributed by atoms with E-state index in [0.717, 1.165) is 6.42 Å². The highest BCUT2D eigenvalue weighted by atomic mass is 35.5. The van der Waals surface area contributed by atoms with Crippen molar-refractivity contribution in [2.45, 2.75) is 25.2 Å². The van der Waals surface area contributed by atoms with Crippen molar-refractivity contribution in [3.63, 3.8) is 0 Å². The highest BCUT2D eigenvalue weighted by molar-refractivity contribution is 7.89. The quantitative estimate of drug-likeness (QED) is 0.833. The molecule has 1 heterocycles. The second kappa shape index (κ2) is 5.60. The lowest BCUT2D eigenvalue weighted by atomic mass is 9.94. The van der Waals surface area contributed by atoms with Crippen LogP contribution in [0.15, 0.2) is 23.1 Å². The summed E-state index contributed by atoms with van der Waals surface area (Å²) in [6.45, 7) is 5.25. The molecule has 19 heavy (non-hydrogen) atoms. The number of hydrogen-bond donors (Lipinski definition) is 0. The van der Waals surface area contributed by atoms with Gasteiger partial charge in [0.2, 0.25) is 10.0 Å². The summed E-state index contributed by atoms with van der Waals surface area (Å²) in [5, 5.41) is 0.674. The van der Waals surface area contributed by atoms with Crippen LogP contribution in [0, 0.1) is 11.8 Å². The van der Waals surface area contributed by atoms with Gasteiger partial charge in [0.25, 0.3) is 0 Å².